The van der Waals surface area contributed by atoms with Gasteiger partial charge in [0.1, 0.15) is 17.4 Å². The van der Waals surface area contributed by atoms with E-state index in [1.165, 1.54) is 29.3 Å². The molecule has 1 aromatic carbocycles. The Kier molecular flexibility index (Phi) is 5.81. The van der Waals surface area contributed by atoms with E-state index in [-0.39, 0.29) is 23.2 Å². The minimum atomic E-state index is -1.06. The van der Waals surface area contributed by atoms with E-state index in [0.29, 0.717) is 24.5 Å². The first-order chi connectivity index (χ1) is 15.4. The lowest BCUT2D eigenvalue weighted by molar-refractivity contribution is -0.140. The third-order valence-electron chi connectivity index (χ3n) is 5.47. The second-order valence-electron chi connectivity index (χ2n) is 7.58. The van der Waals surface area contributed by atoms with Crippen LogP contribution in [-0.2, 0) is 16.1 Å². The number of halogens is 1. The van der Waals surface area contributed by atoms with Crippen molar-refractivity contribution in [2.24, 2.45) is 0 Å². The first-order valence-corrected chi connectivity index (χ1v) is 10.2. The maximum absolute atomic E-state index is 14.8. The van der Waals surface area contributed by atoms with Crippen LogP contribution in [0, 0.1) is 19.7 Å². The maximum Gasteiger partial charge on any atom is 0.295 e. The van der Waals surface area contributed by atoms with E-state index in [2.05, 4.69) is 15.0 Å². The number of carbonyl (C=O) groups is 2. The van der Waals surface area contributed by atoms with Crippen LogP contribution < -0.4 is 0 Å². The van der Waals surface area contributed by atoms with Gasteiger partial charge in [-0.2, -0.15) is 0 Å². The SMILES string of the molecule is Cc1ncc(/C(O)=C2\C(=O)C(=O)N(CCCn3ccnc3)[C@@H]2c2ccccc2F)c(C)n1. The second kappa shape index (κ2) is 8.70. The van der Waals surface area contributed by atoms with Crippen LogP contribution in [0.1, 0.15) is 35.1 Å². The van der Waals surface area contributed by atoms with Gasteiger partial charge in [0.25, 0.3) is 11.7 Å². The third-order valence-corrected chi connectivity index (χ3v) is 5.47. The fourth-order valence-corrected chi connectivity index (χ4v) is 3.93. The largest absolute Gasteiger partial charge is 0.507 e. The highest BCUT2D eigenvalue weighted by Gasteiger charge is 2.46. The first kappa shape index (κ1) is 21.4. The summed E-state index contributed by atoms with van der Waals surface area (Å²) >= 11 is 0. The Morgan fingerprint density at radius 3 is 2.66 bits per heavy atom. The van der Waals surface area contributed by atoms with Gasteiger partial charge >= 0.3 is 0 Å². The fraction of sp³-hybridized carbons (Fsp3) is 0.261. The molecule has 1 amide bonds. The number of hydrogen-bond acceptors (Lipinski definition) is 6. The predicted octanol–water partition coefficient (Wildman–Crippen LogP) is 2.94. The second-order valence-corrected chi connectivity index (χ2v) is 7.58. The molecule has 3 heterocycles. The van der Waals surface area contributed by atoms with Crippen molar-refractivity contribution in [3.8, 4) is 0 Å². The monoisotopic (exact) mass is 435 g/mol. The average molecular weight is 435 g/mol. The van der Waals surface area contributed by atoms with Crippen molar-refractivity contribution >= 4 is 17.4 Å². The van der Waals surface area contributed by atoms with Crippen LogP contribution in [0.25, 0.3) is 5.76 Å². The Morgan fingerprint density at radius 2 is 1.97 bits per heavy atom. The maximum atomic E-state index is 14.8. The molecule has 1 atom stereocenters. The van der Waals surface area contributed by atoms with Gasteiger partial charge < -0.3 is 14.6 Å². The number of aliphatic hydroxyl groups excluding tert-OH is 1. The molecule has 4 rings (SSSR count). The Hall–Kier alpha value is -3.88. The summed E-state index contributed by atoms with van der Waals surface area (Å²) in [4.78, 5) is 39.6. The molecule has 32 heavy (non-hydrogen) atoms. The minimum Gasteiger partial charge on any atom is -0.507 e. The molecule has 9 heteroatoms. The van der Waals surface area contributed by atoms with Gasteiger partial charge in [-0.1, -0.05) is 18.2 Å². The van der Waals surface area contributed by atoms with Gasteiger partial charge in [-0.25, -0.2) is 19.3 Å². The Balaban J connectivity index is 1.78. The lowest BCUT2D eigenvalue weighted by Gasteiger charge is -2.25. The molecule has 3 aromatic rings. The number of aliphatic hydroxyl groups is 1. The molecule has 0 bridgehead atoms. The van der Waals surface area contributed by atoms with E-state index in [4.69, 9.17) is 0 Å². The molecule has 2 aromatic heterocycles. The fourth-order valence-electron chi connectivity index (χ4n) is 3.93. The summed E-state index contributed by atoms with van der Waals surface area (Å²) in [5.74, 6) is -2.12. The number of ketones is 1. The molecular formula is C23H22FN5O3. The molecule has 164 valence electrons. The van der Waals surface area contributed by atoms with Gasteiger partial charge in [-0.3, -0.25) is 9.59 Å². The van der Waals surface area contributed by atoms with Crippen molar-refractivity contribution in [1.82, 2.24) is 24.4 Å². The lowest BCUT2D eigenvalue weighted by Crippen LogP contribution is -2.31. The summed E-state index contributed by atoms with van der Waals surface area (Å²) in [7, 11) is 0. The number of benzene rings is 1. The molecular weight excluding hydrogens is 413 g/mol. The van der Waals surface area contributed by atoms with Crippen molar-refractivity contribution in [2.75, 3.05) is 6.54 Å². The van der Waals surface area contributed by atoms with Crippen LogP contribution in [-0.4, -0.2) is 47.8 Å². The topological polar surface area (TPSA) is 101 Å². The molecule has 1 saturated heterocycles. The highest BCUT2D eigenvalue weighted by molar-refractivity contribution is 6.46. The van der Waals surface area contributed by atoms with Crippen LogP contribution in [0.2, 0.25) is 0 Å². The summed E-state index contributed by atoms with van der Waals surface area (Å²) in [5, 5.41) is 11.1. The van der Waals surface area contributed by atoms with E-state index < -0.39 is 29.3 Å². The van der Waals surface area contributed by atoms with Gasteiger partial charge in [-0.15, -0.1) is 0 Å². The average Bonchev–Trinajstić information content (AvgIpc) is 3.36. The first-order valence-electron chi connectivity index (χ1n) is 10.2. The highest BCUT2D eigenvalue weighted by Crippen LogP contribution is 2.40. The predicted molar refractivity (Wildman–Crippen MR) is 114 cm³/mol. The van der Waals surface area contributed by atoms with Crippen LogP contribution in [0.5, 0.6) is 0 Å². The lowest BCUT2D eigenvalue weighted by atomic mass is 9.95. The number of Topliss-reactive ketones (excluding diaryl/α,β-unsaturated/α-hetero) is 1. The molecule has 0 spiro atoms. The van der Waals surface area contributed by atoms with Crippen molar-refractivity contribution < 1.29 is 19.1 Å². The summed E-state index contributed by atoms with van der Waals surface area (Å²) in [6.07, 6.45) is 7.02. The van der Waals surface area contributed by atoms with Gasteiger partial charge in [0.2, 0.25) is 0 Å². The molecule has 1 aliphatic heterocycles. The van der Waals surface area contributed by atoms with Crippen LogP contribution in [0.3, 0.4) is 0 Å². The molecule has 0 radical (unpaired) electrons. The number of hydrogen-bond donors (Lipinski definition) is 1. The van der Waals surface area contributed by atoms with Gasteiger partial charge in [-0.05, 0) is 26.3 Å². The molecule has 1 fully saturated rings. The van der Waals surface area contributed by atoms with E-state index in [1.807, 2.05) is 4.57 Å². The Morgan fingerprint density at radius 1 is 1.19 bits per heavy atom. The molecule has 1 aliphatic rings. The van der Waals surface area contributed by atoms with Crippen LogP contribution in [0.15, 0.2) is 54.8 Å². The van der Waals surface area contributed by atoms with Gasteiger partial charge in [0.15, 0.2) is 0 Å². The Labute approximate surface area is 184 Å². The van der Waals surface area contributed by atoms with Crippen molar-refractivity contribution in [3.05, 3.63) is 83.2 Å². The number of aryl methyl sites for hydroxylation is 3. The molecule has 1 N–H and O–H groups in total. The molecule has 0 aliphatic carbocycles. The summed E-state index contributed by atoms with van der Waals surface area (Å²) < 4.78 is 16.6. The number of nitrogens with zero attached hydrogens (tertiary/aromatic N) is 5. The Bertz CT molecular complexity index is 1210. The van der Waals surface area contributed by atoms with E-state index in [1.54, 1.807) is 38.6 Å². The zero-order valence-corrected chi connectivity index (χ0v) is 17.7. The number of carbonyl (C=O) groups excluding carboxylic acids is 2. The smallest absolute Gasteiger partial charge is 0.295 e. The minimum absolute atomic E-state index is 0.140. The van der Waals surface area contributed by atoms with Crippen molar-refractivity contribution in [3.63, 3.8) is 0 Å². The zero-order chi connectivity index (χ0) is 22.8. The number of likely N-dealkylation sites (tertiary alicyclic amines) is 1. The number of rotatable bonds is 6. The van der Waals surface area contributed by atoms with Gasteiger partial charge in [0.05, 0.1) is 29.2 Å². The van der Waals surface area contributed by atoms with E-state index >= 15 is 0 Å². The van der Waals surface area contributed by atoms with Gasteiger partial charge in [0, 0.05) is 37.2 Å². The molecule has 0 saturated carbocycles. The van der Waals surface area contributed by atoms with Crippen LogP contribution in [0.4, 0.5) is 4.39 Å². The highest BCUT2D eigenvalue weighted by atomic mass is 19.1. The molecule has 8 nitrogen and oxygen atoms in total. The van der Waals surface area contributed by atoms with E-state index in [9.17, 15) is 19.1 Å². The standard InChI is InChI=1S/C23H22FN5O3/c1-14-17(12-26-15(2)27-14)21(30)19-20(16-6-3-4-7-18(16)24)29(23(32)22(19)31)10-5-9-28-11-8-25-13-28/h3-4,6-8,11-13,20,30H,5,9-10H2,1-2H3/b21-19+/t20-/m1/s1. The number of imidazole rings is 1. The summed E-state index contributed by atoms with van der Waals surface area (Å²) in [6, 6.07) is 4.88. The van der Waals surface area contributed by atoms with Crippen LogP contribution >= 0.6 is 0 Å². The quantitative estimate of drug-likeness (QED) is 0.363. The number of amides is 1. The summed E-state index contributed by atoms with van der Waals surface area (Å²) in [6.45, 7) is 4.14. The van der Waals surface area contributed by atoms with Crippen molar-refractivity contribution in [1.29, 1.82) is 0 Å². The number of aromatic nitrogens is 4. The van der Waals surface area contributed by atoms with Crippen molar-refractivity contribution in [2.45, 2.75) is 32.9 Å². The third kappa shape index (κ3) is 3.89. The van der Waals surface area contributed by atoms with E-state index in [0.717, 1.165) is 0 Å². The summed E-state index contributed by atoms with van der Waals surface area (Å²) in [5.41, 5.74) is 0.654. The normalized spacial score (nSPS) is 17.8. The zero-order valence-electron chi connectivity index (χ0n) is 17.7. The molecule has 0 unspecified atom stereocenters.